The van der Waals surface area contributed by atoms with E-state index in [-0.39, 0.29) is 11.7 Å². The average molecular weight is 542 g/mol. The molecule has 2 aliphatic heterocycles. The van der Waals surface area contributed by atoms with Crippen molar-refractivity contribution in [1.82, 2.24) is 20.2 Å². The van der Waals surface area contributed by atoms with Crippen molar-refractivity contribution < 1.29 is 9.59 Å². The SMILES string of the molecule is CN(CCNC(=O)c1ccc(C(=O)c2ccccc2)cc1)CCNc1cc(N2CCCC2)nc(N2CCCC2)n1. The topological polar surface area (TPSA) is 93.7 Å². The van der Waals surface area contributed by atoms with E-state index in [1.54, 1.807) is 36.4 Å². The number of hydrogen-bond donors (Lipinski definition) is 2. The van der Waals surface area contributed by atoms with Crippen LogP contribution >= 0.6 is 0 Å². The van der Waals surface area contributed by atoms with E-state index >= 15 is 0 Å². The molecule has 2 fully saturated rings. The van der Waals surface area contributed by atoms with Crippen molar-refractivity contribution in [3.63, 3.8) is 0 Å². The molecule has 5 rings (SSSR count). The highest BCUT2D eigenvalue weighted by Gasteiger charge is 2.20. The second-order valence-corrected chi connectivity index (χ2v) is 10.6. The number of nitrogens with one attached hydrogen (secondary N) is 2. The minimum atomic E-state index is -0.143. The predicted octanol–water partition coefficient (Wildman–Crippen LogP) is 3.68. The Kier molecular flexibility index (Phi) is 9.23. The summed E-state index contributed by atoms with van der Waals surface area (Å²) in [5.74, 6) is 2.53. The molecule has 9 nitrogen and oxygen atoms in total. The van der Waals surface area contributed by atoms with Crippen LogP contribution in [0.3, 0.4) is 0 Å². The van der Waals surface area contributed by atoms with Crippen molar-refractivity contribution in [3.8, 4) is 0 Å². The fourth-order valence-corrected chi connectivity index (χ4v) is 5.16. The predicted molar refractivity (Wildman–Crippen MR) is 160 cm³/mol. The number of hydrogen-bond acceptors (Lipinski definition) is 8. The highest BCUT2D eigenvalue weighted by atomic mass is 16.1. The molecule has 0 aliphatic carbocycles. The number of ketones is 1. The number of likely N-dealkylation sites (N-methyl/N-ethyl adjacent to an activating group) is 1. The second-order valence-electron chi connectivity index (χ2n) is 10.6. The van der Waals surface area contributed by atoms with Crippen molar-refractivity contribution >= 4 is 29.3 Å². The zero-order valence-corrected chi connectivity index (χ0v) is 23.3. The molecule has 0 radical (unpaired) electrons. The molecular weight excluding hydrogens is 502 g/mol. The summed E-state index contributed by atoms with van der Waals surface area (Å²) in [5, 5.41) is 6.47. The summed E-state index contributed by atoms with van der Waals surface area (Å²) >= 11 is 0. The van der Waals surface area contributed by atoms with Crippen LogP contribution in [0.2, 0.25) is 0 Å². The first-order valence-electron chi connectivity index (χ1n) is 14.4. The number of nitrogens with zero attached hydrogens (tertiary/aromatic N) is 5. The monoisotopic (exact) mass is 541 g/mol. The summed E-state index contributed by atoms with van der Waals surface area (Å²) in [7, 11) is 2.04. The number of rotatable bonds is 12. The van der Waals surface area contributed by atoms with Crippen molar-refractivity contribution in [1.29, 1.82) is 0 Å². The van der Waals surface area contributed by atoms with Crippen LogP contribution in [0.1, 0.15) is 52.0 Å². The standard InChI is InChI=1S/C31H39N7O2/c1-36(22-16-33-30(40)26-13-11-25(12-14-26)29(39)24-9-3-2-4-10-24)21-15-32-27-23-28(37-17-5-6-18-37)35-31(34-27)38-19-7-8-20-38/h2-4,9-14,23H,5-8,15-22H2,1H3,(H,33,40)(H,32,34,35). The first-order valence-corrected chi connectivity index (χ1v) is 14.4. The normalized spacial score (nSPS) is 15.1. The molecule has 40 heavy (non-hydrogen) atoms. The van der Waals surface area contributed by atoms with E-state index in [0.29, 0.717) is 23.2 Å². The fraction of sp³-hybridized carbons (Fsp3) is 0.419. The van der Waals surface area contributed by atoms with E-state index in [2.05, 4.69) is 31.4 Å². The van der Waals surface area contributed by atoms with Gasteiger partial charge < -0.3 is 25.3 Å². The molecule has 1 amide bonds. The van der Waals surface area contributed by atoms with Crippen LogP contribution in [0, 0.1) is 0 Å². The van der Waals surface area contributed by atoms with Gasteiger partial charge >= 0.3 is 0 Å². The third-order valence-electron chi connectivity index (χ3n) is 7.54. The molecule has 2 aromatic carbocycles. The molecule has 3 aromatic rings. The lowest BCUT2D eigenvalue weighted by molar-refractivity contribution is 0.0948. The summed E-state index contributed by atoms with van der Waals surface area (Å²) < 4.78 is 0. The van der Waals surface area contributed by atoms with Gasteiger partial charge in [-0.1, -0.05) is 42.5 Å². The smallest absolute Gasteiger partial charge is 0.251 e. The van der Waals surface area contributed by atoms with Crippen molar-refractivity contribution in [2.75, 3.05) is 74.5 Å². The van der Waals surface area contributed by atoms with E-state index in [9.17, 15) is 9.59 Å². The van der Waals surface area contributed by atoms with Gasteiger partial charge in [-0.05, 0) is 44.9 Å². The number of carbonyl (C=O) groups excluding carboxylic acids is 2. The Morgan fingerprint density at radius 3 is 2.08 bits per heavy atom. The van der Waals surface area contributed by atoms with Gasteiger partial charge in [-0.25, -0.2) is 0 Å². The van der Waals surface area contributed by atoms with Crippen LogP contribution in [0.4, 0.5) is 17.6 Å². The summed E-state index contributed by atoms with van der Waals surface area (Å²) in [6, 6.07) is 18.0. The molecule has 210 valence electrons. The summed E-state index contributed by atoms with van der Waals surface area (Å²) in [6.45, 7) is 6.97. The van der Waals surface area contributed by atoms with Gasteiger partial charge in [0.25, 0.3) is 5.91 Å². The van der Waals surface area contributed by atoms with Crippen LogP contribution in [-0.2, 0) is 0 Å². The number of anilines is 3. The van der Waals surface area contributed by atoms with E-state index in [4.69, 9.17) is 9.97 Å². The lowest BCUT2D eigenvalue weighted by Gasteiger charge is -2.22. The van der Waals surface area contributed by atoms with Crippen molar-refractivity contribution in [2.24, 2.45) is 0 Å². The van der Waals surface area contributed by atoms with Gasteiger partial charge in [0.05, 0.1) is 0 Å². The van der Waals surface area contributed by atoms with Crippen LogP contribution in [0.15, 0.2) is 60.7 Å². The molecule has 0 spiro atoms. The van der Waals surface area contributed by atoms with Crippen LogP contribution in [0.25, 0.3) is 0 Å². The largest absolute Gasteiger partial charge is 0.369 e. The van der Waals surface area contributed by atoms with E-state index in [0.717, 1.165) is 63.4 Å². The van der Waals surface area contributed by atoms with Gasteiger partial charge in [0.15, 0.2) is 5.78 Å². The molecule has 2 aliphatic rings. The van der Waals surface area contributed by atoms with Gasteiger partial charge in [0.2, 0.25) is 5.95 Å². The molecule has 9 heteroatoms. The maximum absolute atomic E-state index is 12.6. The van der Waals surface area contributed by atoms with E-state index in [1.807, 2.05) is 25.2 Å². The second kappa shape index (κ2) is 13.4. The fourth-order valence-electron chi connectivity index (χ4n) is 5.16. The maximum Gasteiger partial charge on any atom is 0.251 e. The van der Waals surface area contributed by atoms with Crippen LogP contribution < -0.4 is 20.4 Å². The summed E-state index contributed by atoms with van der Waals surface area (Å²) in [5.41, 5.74) is 1.75. The van der Waals surface area contributed by atoms with Crippen LogP contribution in [0.5, 0.6) is 0 Å². The van der Waals surface area contributed by atoms with Gasteiger partial charge in [0, 0.05) is 75.1 Å². The molecule has 0 unspecified atom stereocenters. The Morgan fingerprint density at radius 2 is 1.38 bits per heavy atom. The van der Waals surface area contributed by atoms with Crippen molar-refractivity contribution in [3.05, 3.63) is 77.4 Å². The molecule has 2 N–H and O–H groups in total. The molecule has 2 saturated heterocycles. The van der Waals surface area contributed by atoms with Crippen molar-refractivity contribution in [2.45, 2.75) is 25.7 Å². The molecule has 0 bridgehead atoms. The minimum absolute atomic E-state index is 0.0516. The van der Waals surface area contributed by atoms with Gasteiger partial charge in [-0.3, -0.25) is 9.59 Å². The first-order chi connectivity index (χ1) is 19.6. The molecule has 1 aromatic heterocycles. The number of carbonyl (C=O) groups is 2. The number of amides is 1. The highest BCUT2D eigenvalue weighted by molar-refractivity contribution is 6.09. The lowest BCUT2D eigenvalue weighted by Crippen LogP contribution is -2.35. The highest BCUT2D eigenvalue weighted by Crippen LogP contribution is 2.25. The Balaban J connectivity index is 1.06. The van der Waals surface area contributed by atoms with Crippen LogP contribution in [-0.4, -0.2) is 86.0 Å². The number of benzene rings is 2. The minimum Gasteiger partial charge on any atom is -0.369 e. The summed E-state index contributed by atoms with van der Waals surface area (Å²) in [4.78, 5) is 41.7. The first kappa shape index (κ1) is 27.6. The van der Waals surface area contributed by atoms with Gasteiger partial charge in [-0.15, -0.1) is 0 Å². The number of aromatic nitrogens is 2. The lowest BCUT2D eigenvalue weighted by atomic mass is 10.0. The molecule has 0 atom stereocenters. The maximum atomic E-state index is 12.6. The van der Waals surface area contributed by atoms with E-state index in [1.165, 1.54) is 25.7 Å². The zero-order chi connectivity index (χ0) is 27.7. The third-order valence-corrected chi connectivity index (χ3v) is 7.54. The molecular formula is C31H39N7O2. The third kappa shape index (κ3) is 7.15. The quantitative estimate of drug-likeness (QED) is 0.336. The average Bonchev–Trinajstić information content (AvgIpc) is 3.73. The zero-order valence-electron chi connectivity index (χ0n) is 23.3. The Labute approximate surface area is 236 Å². The van der Waals surface area contributed by atoms with Gasteiger partial charge in [0.1, 0.15) is 11.6 Å². The molecule has 0 saturated carbocycles. The Bertz CT molecular complexity index is 1240. The van der Waals surface area contributed by atoms with E-state index < -0.39 is 0 Å². The van der Waals surface area contributed by atoms with Gasteiger partial charge in [-0.2, -0.15) is 9.97 Å². The Morgan fingerprint density at radius 1 is 0.775 bits per heavy atom. The summed E-state index contributed by atoms with van der Waals surface area (Å²) in [6.07, 6.45) is 4.82. The Hall–Kier alpha value is -3.98. The molecule has 3 heterocycles.